The van der Waals surface area contributed by atoms with Crippen molar-refractivity contribution in [1.82, 2.24) is 19.2 Å². The van der Waals surface area contributed by atoms with Crippen LogP contribution in [-0.2, 0) is 11.3 Å². The number of benzene rings is 1. The SMILES string of the molecule is CN1CCN(c2nc3ccccn3c(=O)c2C=C2SC(=S)N(Cc3ccc4c(c3)OCO4)C2=O)CC1. The fourth-order valence-corrected chi connectivity index (χ4v) is 5.70. The molecule has 6 rings (SSSR count). The molecule has 3 aliphatic heterocycles. The Labute approximate surface area is 216 Å². The van der Waals surface area contributed by atoms with E-state index in [9.17, 15) is 9.59 Å². The van der Waals surface area contributed by atoms with E-state index in [0.717, 1.165) is 31.7 Å². The number of hydrogen-bond acceptors (Lipinski definition) is 9. The molecule has 3 aromatic rings. The average Bonchev–Trinajstić information content (AvgIpc) is 3.46. The van der Waals surface area contributed by atoms with E-state index in [0.29, 0.717) is 44.3 Å². The lowest BCUT2D eigenvalue weighted by molar-refractivity contribution is -0.122. The molecule has 2 fully saturated rings. The van der Waals surface area contributed by atoms with Crippen LogP contribution in [0, 0.1) is 0 Å². The largest absolute Gasteiger partial charge is 0.454 e. The molecule has 11 heteroatoms. The molecule has 36 heavy (non-hydrogen) atoms. The number of hydrogen-bond donors (Lipinski definition) is 0. The summed E-state index contributed by atoms with van der Waals surface area (Å²) in [6, 6.07) is 11.0. The van der Waals surface area contributed by atoms with Crippen LogP contribution >= 0.6 is 24.0 Å². The molecule has 0 N–H and O–H groups in total. The molecular weight excluding hydrogens is 498 g/mol. The standard InChI is InChI=1S/C25H23N5O4S2/c1-27-8-10-28(11-9-27)22-17(23(31)29-7-3-2-4-21(29)26-22)13-20-24(32)30(25(35)36-20)14-16-5-6-18-19(12-16)34-15-33-18/h2-7,12-13H,8-11,14-15H2,1H3. The maximum absolute atomic E-state index is 13.6. The van der Waals surface area contributed by atoms with Crippen molar-refractivity contribution >= 4 is 51.7 Å². The second kappa shape index (κ2) is 9.23. The molecule has 0 bridgehead atoms. The van der Waals surface area contributed by atoms with Gasteiger partial charge in [-0.2, -0.15) is 0 Å². The molecule has 5 heterocycles. The molecule has 3 aliphatic rings. The summed E-state index contributed by atoms with van der Waals surface area (Å²) in [5.74, 6) is 1.70. The Kier molecular flexibility index (Phi) is 5.90. The normalized spacial score (nSPS) is 19.2. The van der Waals surface area contributed by atoms with Crippen LogP contribution in [0.2, 0.25) is 0 Å². The number of thioether (sulfide) groups is 1. The topological polar surface area (TPSA) is 79.6 Å². The number of likely N-dealkylation sites (N-methyl/N-ethyl adjacent to an activating group) is 1. The number of rotatable bonds is 4. The van der Waals surface area contributed by atoms with Crippen molar-refractivity contribution in [2.24, 2.45) is 0 Å². The summed E-state index contributed by atoms with van der Waals surface area (Å²) in [5, 5.41) is 0. The van der Waals surface area contributed by atoms with Gasteiger partial charge in [-0.3, -0.25) is 18.9 Å². The monoisotopic (exact) mass is 521 g/mol. The summed E-state index contributed by atoms with van der Waals surface area (Å²) < 4.78 is 12.8. The summed E-state index contributed by atoms with van der Waals surface area (Å²) in [7, 11) is 2.08. The quantitative estimate of drug-likeness (QED) is 0.380. The third-order valence-electron chi connectivity index (χ3n) is 6.48. The Hall–Kier alpha value is -3.41. The molecule has 0 radical (unpaired) electrons. The first-order valence-electron chi connectivity index (χ1n) is 11.6. The van der Waals surface area contributed by atoms with Crippen molar-refractivity contribution in [3.8, 4) is 11.5 Å². The number of anilines is 1. The van der Waals surface area contributed by atoms with Crippen LogP contribution < -0.4 is 19.9 Å². The Morgan fingerprint density at radius 3 is 2.72 bits per heavy atom. The third kappa shape index (κ3) is 4.12. The van der Waals surface area contributed by atoms with Gasteiger partial charge in [0.2, 0.25) is 6.79 Å². The van der Waals surface area contributed by atoms with E-state index in [2.05, 4.69) is 16.8 Å². The lowest BCUT2D eigenvalue weighted by atomic mass is 10.2. The fourth-order valence-electron chi connectivity index (χ4n) is 4.47. The van der Waals surface area contributed by atoms with Crippen LogP contribution in [0.5, 0.6) is 11.5 Å². The van der Waals surface area contributed by atoms with Gasteiger partial charge in [0.25, 0.3) is 11.5 Å². The molecule has 9 nitrogen and oxygen atoms in total. The number of carbonyl (C=O) groups excluding carboxylic acids is 1. The number of thiocarbonyl (C=S) groups is 1. The highest BCUT2D eigenvalue weighted by Crippen LogP contribution is 2.37. The van der Waals surface area contributed by atoms with Crippen molar-refractivity contribution in [1.29, 1.82) is 0 Å². The predicted octanol–water partition coefficient (Wildman–Crippen LogP) is 2.58. The van der Waals surface area contributed by atoms with Gasteiger partial charge in [-0.15, -0.1) is 0 Å². The van der Waals surface area contributed by atoms with E-state index in [1.54, 1.807) is 23.2 Å². The third-order valence-corrected chi connectivity index (χ3v) is 7.86. The molecule has 0 spiro atoms. The number of ether oxygens (including phenoxy) is 2. The fraction of sp³-hybridized carbons (Fsp3) is 0.280. The Balaban J connectivity index is 1.36. The Bertz CT molecular complexity index is 1480. The minimum absolute atomic E-state index is 0.188. The van der Waals surface area contributed by atoms with E-state index in [4.69, 9.17) is 26.7 Å². The minimum Gasteiger partial charge on any atom is -0.454 e. The van der Waals surface area contributed by atoms with Crippen LogP contribution in [0.3, 0.4) is 0 Å². The number of fused-ring (bicyclic) bond motifs is 2. The van der Waals surface area contributed by atoms with Gasteiger partial charge in [0, 0.05) is 32.4 Å². The molecule has 0 atom stereocenters. The van der Waals surface area contributed by atoms with Crippen LogP contribution in [0.25, 0.3) is 11.7 Å². The van der Waals surface area contributed by atoms with Gasteiger partial charge in [-0.05, 0) is 43.0 Å². The van der Waals surface area contributed by atoms with Crippen LogP contribution in [0.1, 0.15) is 11.1 Å². The molecule has 1 amide bonds. The summed E-state index contributed by atoms with van der Waals surface area (Å²) in [5.41, 5.74) is 1.63. The van der Waals surface area contributed by atoms with Gasteiger partial charge in [-0.1, -0.05) is 36.1 Å². The van der Waals surface area contributed by atoms with Gasteiger partial charge in [-0.25, -0.2) is 4.98 Å². The summed E-state index contributed by atoms with van der Waals surface area (Å²) >= 11 is 6.75. The molecule has 0 saturated carbocycles. The maximum atomic E-state index is 13.6. The maximum Gasteiger partial charge on any atom is 0.267 e. The molecular formula is C25H23N5O4S2. The highest BCUT2D eigenvalue weighted by Gasteiger charge is 2.33. The van der Waals surface area contributed by atoms with Crippen molar-refractivity contribution in [2.75, 3.05) is 44.9 Å². The highest BCUT2D eigenvalue weighted by atomic mass is 32.2. The lowest BCUT2D eigenvalue weighted by Gasteiger charge is -2.34. The van der Waals surface area contributed by atoms with Gasteiger partial charge in [0.1, 0.15) is 15.8 Å². The number of carbonyl (C=O) groups is 1. The zero-order valence-corrected chi connectivity index (χ0v) is 21.2. The van der Waals surface area contributed by atoms with E-state index >= 15 is 0 Å². The molecule has 1 aromatic carbocycles. The Morgan fingerprint density at radius 2 is 1.89 bits per heavy atom. The molecule has 184 valence electrons. The number of amides is 1. The number of nitrogens with zero attached hydrogens (tertiary/aromatic N) is 5. The second-order valence-electron chi connectivity index (χ2n) is 8.83. The number of piperazine rings is 1. The van der Waals surface area contributed by atoms with Gasteiger partial charge in [0.05, 0.1) is 17.0 Å². The van der Waals surface area contributed by atoms with Gasteiger partial charge < -0.3 is 19.3 Å². The first-order valence-corrected chi connectivity index (χ1v) is 12.8. The summed E-state index contributed by atoms with van der Waals surface area (Å²) in [6.45, 7) is 3.72. The molecule has 0 aliphatic carbocycles. The zero-order chi connectivity index (χ0) is 24.8. The molecule has 0 unspecified atom stereocenters. The average molecular weight is 522 g/mol. The van der Waals surface area contributed by atoms with Gasteiger partial charge >= 0.3 is 0 Å². The van der Waals surface area contributed by atoms with Gasteiger partial charge in [0.15, 0.2) is 11.5 Å². The van der Waals surface area contributed by atoms with Crippen molar-refractivity contribution < 1.29 is 14.3 Å². The predicted molar refractivity (Wildman–Crippen MR) is 142 cm³/mol. The van der Waals surface area contributed by atoms with Crippen LogP contribution in [-0.4, -0.2) is 69.4 Å². The summed E-state index contributed by atoms with van der Waals surface area (Å²) in [4.78, 5) is 38.1. The Morgan fingerprint density at radius 1 is 1.08 bits per heavy atom. The van der Waals surface area contributed by atoms with Crippen molar-refractivity contribution in [3.05, 3.63) is 69.0 Å². The summed E-state index contributed by atoms with van der Waals surface area (Å²) in [6.07, 6.45) is 3.35. The first-order chi connectivity index (χ1) is 17.5. The van der Waals surface area contributed by atoms with E-state index < -0.39 is 0 Å². The smallest absolute Gasteiger partial charge is 0.267 e. The highest BCUT2D eigenvalue weighted by molar-refractivity contribution is 8.26. The molecule has 2 saturated heterocycles. The minimum atomic E-state index is -0.232. The lowest BCUT2D eigenvalue weighted by Crippen LogP contribution is -2.45. The molecule has 2 aromatic heterocycles. The number of pyridine rings is 1. The van der Waals surface area contributed by atoms with E-state index in [1.165, 1.54) is 16.2 Å². The second-order valence-corrected chi connectivity index (χ2v) is 10.5. The van der Waals surface area contributed by atoms with Crippen molar-refractivity contribution in [2.45, 2.75) is 6.54 Å². The van der Waals surface area contributed by atoms with Crippen molar-refractivity contribution in [3.63, 3.8) is 0 Å². The van der Waals surface area contributed by atoms with E-state index in [1.807, 2.05) is 30.3 Å². The number of aromatic nitrogens is 2. The van der Waals surface area contributed by atoms with Crippen LogP contribution in [0.4, 0.5) is 5.82 Å². The first kappa shape index (κ1) is 23.0. The van der Waals surface area contributed by atoms with E-state index in [-0.39, 0.29) is 18.3 Å². The zero-order valence-electron chi connectivity index (χ0n) is 19.5. The van der Waals surface area contributed by atoms with Crippen LogP contribution in [0.15, 0.2) is 52.3 Å².